The third-order valence-electron chi connectivity index (χ3n) is 5.86. The number of carbonyl (C=O) groups is 2. The van der Waals surface area contributed by atoms with E-state index in [1.807, 2.05) is 48.5 Å². The molecule has 1 aliphatic rings. The van der Waals surface area contributed by atoms with Gasteiger partial charge in [-0.3, -0.25) is 9.59 Å². The summed E-state index contributed by atoms with van der Waals surface area (Å²) in [5.74, 6) is -1.08. The summed E-state index contributed by atoms with van der Waals surface area (Å²) in [6.45, 7) is 6.32. The van der Waals surface area contributed by atoms with Crippen LogP contribution in [0.5, 0.6) is 0 Å². The Bertz CT molecular complexity index is 1040. The lowest BCUT2D eigenvalue weighted by Crippen LogP contribution is -2.44. The topological polar surface area (TPSA) is 81.1 Å². The van der Waals surface area contributed by atoms with Crippen molar-refractivity contribution in [3.8, 4) is 0 Å². The molecule has 0 bridgehead atoms. The zero-order chi connectivity index (χ0) is 24.0. The van der Waals surface area contributed by atoms with E-state index in [0.29, 0.717) is 24.3 Å². The summed E-state index contributed by atoms with van der Waals surface area (Å²) in [7, 11) is 0. The second-order valence-corrected chi connectivity index (χ2v) is 9.32. The maximum Gasteiger partial charge on any atom is 0.264 e. The Balaban J connectivity index is 1.75. The maximum atomic E-state index is 13.2. The molecule has 0 aliphatic carbocycles. The molecule has 0 spiro atoms. The van der Waals surface area contributed by atoms with Crippen molar-refractivity contribution in [2.75, 3.05) is 24.6 Å². The summed E-state index contributed by atoms with van der Waals surface area (Å²) >= 11 is 2.16. The molecule has 2 N–H and O–H groups in total. The quantitative estimate of drug-likeness (QED) is 0.344. The van der Waals surface area contributed by atoms with Crippen LogP contribution in [0.1, 0.15) is 24.5 Å². The highest BCUT2D eigenvalue weighted by molar-refractivity contribution is 14.1. The highest BCUT2D eigenvalue weighted by Crippen LogP contribution is 2.45. The van der Waals surface area contributed by atoms with Gasteiger partial charge in [0.05, 0.1) is 12.3 Å². The summed E-state index contributed by atoms with van der Waals surface area (Å²) in [5.41, 5.74) is 0.510. The van der Waals surface area contributed by atoms with E-state index < -0.39 is 17.4 Å². The molecule has 0 saturated heterocycles. The molecule has 3 rings (SSSR count). The Labute approximate surface area is 208 Å². The molecule has 7 heteroatoms. The fourth-order valence-electron chi connectivity index (χ4n) is 4.09. The first-order valence-corrected chi connectivity index (χ1v) is 11.9. The molecule has 6 nitrogen and oxygen atoms in total. The molecule has 0 fully saturated rings. The van der Waals surface area contributed by atoms with Crippen LogP contribution in [0, 0.1) is 9.49 Å². The first-order chi connectivity index (χ1) is 15.8. The molecule has 1 heterocycles. The van der Waals surface area contributed by atoms with Gasteiger partial charge < -0.3 is 20.0 Å². The van der Waals surface area contributed by atoms with E-state index in [4.69, 9.17) is 0 Å². The number of amides is 2. The summed E-state index contributed by atoms with van der Waals surface area (Å²) in [4.78, 5) is 29.1. The van der Waals surface area contributed by atoms with E-state index in [2.05, 4.69) is 29.2 Å². The average molecular weight is 560 g/mol. The Morgan fingerprint density at radius 2 is 2.00 bits per heavy atom. The molecule has 0 unspecified atom stereocenters. The molecule has 0 aromatic heterocycles. The number of rotatable bonds is 10. The van der Waals surface area contributed by atoms with Crippen molar-refractivity contribution in [3.63, 3.8) is 0 Å². The van der Waals surface area contributed by atoms with Crippen LogP contribution in [0.15, 0.2) is 73.3 Å². The van der Waals surface area contributed by atoms with Crippen molar-refractivity contribution in [2.45, 2.75) is 25.5 Å². The molecular weight excluding hydrogens is 531 g/mol. The lowest BCUT2D eigenvalue weighted by Gasteiger charge is -2.27. The number of benzene rings is 2. The van der Waals surface area contributed by atoms with Crippen LogP contribution in [0.25, 0.3) is 0 Å². The van der Waals surface area contributed by atoms with Gasteiger partial charge in [-0.2, -0.15) is 0 Å². The maximum absolute atomic E-state index is 13.2. The molecule has 174 valence electrons. The molecule has 33 heavy (non-hydrogen) atoms. The fourth-order valence-corrected chi connectivity index (χ4v) is 4.58. The zero-order valence-corrected chi connectivity index (χ0v) is 20.8. The highest BCUT2D eigenvalue weighted by atomic mass is 127. The second kappa shape index (κ2) is 11.1. The van der Waals surface area contributed by atoms with Crippen molar-refractivity contribution < 1.29 is 19.8 Å². The molecule has 1 aliphatic heterocycles. The first-order valence-electron chi connectivity index (χ1n) is 10.9. The first kappa shape index (κ1) is 25.1. The van der Waals surface area contributed by atoms with Gasteiger partial charge in [0.1, 0.15) is 0 Å². The number of aliphatic hydroxyl groups excluding tert-OH is 1. The normalized spacial score (nSPS) is 18.4. The smallest absolute Gasteiger partial charge is 0.264 e. The minimum absolute atomic E-state index is 0.108. The van der Waals surface area contributed by atoms with Crippen LogP contribution in [-0.4, -0.2) is 46.6 Å². The lowest BCUT2D eigenvalue weighted by molar-refractivity contribution is -0.139. The van der Waals surface area contributed by atoms with Crippen molar-refractivity contribution in [3.05, 3.63) is 88.0 Å². The number of halogens is 1. The second-order valence-electron chi connectivity index (χ2n) is 8.08. The van der Waals surface area contributed by atoms with Crippen LogP contribution < -0.4 is 4.90 Å². The van der Waals surface area contributed by atoms with E-state index in [1.54, 1.807) is 30.1 Å². The lowest BCUT2D eigenvalue weighted by atomic mass is 9.83. The van der Waals surface area contributed by atoms with E-state index in [0.717, 1.165) is 9.13 Å². The van der Waals surface area contributed by atoms with E-state index in [1.165, 1.54) is 4.90 Å². The van der Waals surface area contributed by atoms with E-state index >= 15 is 0 Å². The number of hydrogen-bond acceptors (Lipinski definition) is 4. The molecule has 2 atom stereocenters. The van der Waals surface area contributed by atoms with E-state index in [9.17, 15) is 19.8 Å². The zero-order valence-electron chi connectivity index (χ0n) is 18.7. The van der Waals surface area contributed by atoms with Crippen molar-refractivity contribution in [2.24, 2.45) is 5.92 Å². The number of anilines is 1. The van der Waals surface area contributed by atoms with Crippen LogP contribution in [0.2, 0.25) is 0 Å². The number of aliphatic hydroxyl groups is 2. The Hall–Kier alpha value is -2.49. The standard InChI is InChI=1S/C26H29IN2O4/c1-3-14-29-23-13-12-21(27)17-22(23)26(33,25(29)32)19(2)8-7-11-24(31)28(15-16-30)18-20-9-5-4-6-10-20/h3-10,12-13,17,19,30,33H,1,11,14-16,18H2,2H3/b8-7+/t19-,26+/m0/s1. The molecule has 0 saturated carbocycles. The largest absolute Gasteiger partial charge is 0.395 e. The summed E-state index contributed by atoms with van der Waals surface area (Å²) < 4.78 is 0.921. The Kier molecular flexibility index (Phi) is 8.45. The van der Waals surface area contributed by atoms with Gasteiger partial charge in [-0.05, 0) is 46.4 Å². The molecular formula is C26H29IN2O4. The minimum Gasteiger partial charge on any atom is -0.395 e. The van der Waals surface area contributed by atoms with Gasteiger partial charge in [0, 0.05) is 41.1 Å². The fraction of sp³-hybridized carbons (Fsp3) is 0.308. The van der Waals surface area contributed by atoms with Crippen molar-refractivity contribution in [1.29, 1.82) is 0 Å². The third kappa shape index (κ3) is 5.37. The summed E-state index contributed by atoms with van der Waals surface area (Å²) in [5, 5.41) is 20.9. The molecule has 2 aromatic rings. The number of nitrogens with zero attached hydrogens (tertiary/aromatic N) is 2. The third-order valence-corrected chi connectivity index (χ3v) is 6.53. The van der Waals surface area contributed by atoms with Crippen LogP contribution in [0.3, 0.4) is 0 Å². The van der Waals surface area contributed by atoms with Gasteiger partial charge >= 0.3 is 0 Å². The molecule has 2 amide bonds. The number of hydrogen-bond donors (Lipinski definition) is 2. The van der Waals surface area contributed by atoms with Gasteiger partial charge in [0.25, 0.3) is 5.91 Å². The van der Waals surface area contributed by atoms with Gasteiger partial charge in [0.2, 0.25) is 5.91 Å². The predicted octanol–water partition coefficient (Wildman–Crippen LogP) is 3.61. The van der Waals surface area contributed by atoms with Gasteiger partial charge in [-0.25, -0.2) is 0 Å². The summed E-state index contributed by atoms with van der Waals surface area (Å²) in [6.07, 6.45) is 5.15. The summed E-state index contributed by atoms with van der Waals surface area (Å²) in [6, 6.07) is 15.2. The van der Waals surface area contributed by atoms with Crippen molar-refractivity contribution in [1.82, 2.24) is 4.90 Å². The molecule has 0 radical (unpaired) electrons. The van der Waals surface area contributed by atoms with Crippen LogP contribution >= 0.6 is 22.6 Å². The van der Waals surface area contributed by atoms with Crippen LogP contribution in [0.4, 0.5) is 5.69 Å². The van der Waals surface area contributed by atoms with E-state index in [-0.39, 0.29) is 25.5 Å². The SMILES string of the molecule is C=CCN1C(=O)[C@@](O)([C@@H](C)/C=C/CC(=O)N(CCO)Cc2ccccc2)c2cc(I)ccc21. The predicted molar refractivity (Wildman–Crippen MR) is 137 cm³/mol. The monoisotopic (exact) mass is 560 g/mol. The van der Waals surface area contributed by atoms with Gasteiger partial charge in [-0.1, -0.05) is 55.5 Å². The minimum atomic E-state index is -1.71. The highest BCUT2D eigenvalue weighted by Gasteiger charge is 2.52. The number of fused-ring (bicyclic) bond motifs is 1. The van der Waals surface area contributed by atoms with Gasteiger partial charge in [-0.15, -0.1) is 6.58 Å². The average Bonchev–Trinajstić information content (AvgIpc) is 3.02. The Morgan fingerprint density at radius 3 is 2.67 bits per heavy atom. The van der Waals surface area contributed by atoms with Crippen molar-refractivity contribution >= 4 is 40.1 Å². The molecule has 2 aromatic carbocycles. The van der Waals surface area contributed by atoms with Crippen LogP contribution in [-0.2, 0) is 21.7 Å². The number of carbonyl (C=O) groups excluding carboxylic acids is 2. The Morgan fingerprint density at radius 1 is 1.27 bits per heavy atom. The van der Waals surface area contributed by atoms with Gasteiger partial charge in [0.15, 0.2) is 5.60 Å².